The van der Waals surface area contributed by atoms with Crippen LogP contribution in [0, 0.1) is 0 Å². The number of hydrogen-bond donors (Lipinski definition) is 1. The van der Waals surface area contributed by atoms with E-state index in [4.69, 9.17) is 18.1 Å². The second kappa shape index (κ2) is 10.8. The van der Waals surface area contributed by atoms with Crippen molar-refractivity contribution in [2.75, 3.05) is 26.4 Å². The molecule has 1 N–H and O–H groups in total. The maximum Gasteiger partial charge on any atom is 0.448 e. The van der Waals surface area contributed by atoms with Crippen LogP contribution in [0.3, 0.4) is 0 Å². The molecule has 0 aliphatic heterocycles. The molecule has 0 atom stereocenters. The third-order valence-corrected chi connectivity index (χ3v) is 7.89. The van der Waals surface area contributed by atoms with Gasteiger partial charge in [-0.3, -0.25) is 9.13 Å². The fraction of sp³-hybridized carbons (Fsp3) is 0.529. The molecule has 0 bridgehead atoms. The normalized spacial score (nSPS) is 13.7. The van der Waals surface area contributed by atoms with Crippen molar-refractivity contribution in [2.45, 2.75) is 33.9 Å². The molecule has 1 rings (SSSR count). The quantitative estimate of drug-likeness (QED) is 0.370. The van der Waals surface area contributed by atoms with Crippen molar-refractivity contribution in [3.8, 4) is 0 Å². The maximum absolute atomic E-state index is 13.3. The molecule has 0 saturated heterocycles. The van der Waals surface area contributed by atoms with Crippen LogP contribution in [0.25, 0.3) is 6.08 Å². The molecule has 0 unspecified atom stereocenters. The smallest absolute Gasteiger partial charge is 0.448 e. The van der Waals surface area contributed by atoms with Gasteiger partial charge in [-0.2, -0.15) is 13.2 Å². The SMILES string of the molecule is CCOP(=O)(OCC)c1ccc(/C=C(/O)C(F)(F)F)cc1P(=O)(OCC)OCC. The monoisotopic (exact) mass is 460 g/mol. The minimum atomic E-state index is -4.96. The van der Waals surface area contributed by atoms with Gasteiger partial charge in [-0.25, -0.2) is 0 Å². The van der Waals surface area contributed by atoms with Gasteiger partial charge >= 0.3 is 21.4 Å². The van der Waals surface area contributed by atoms with Gasteiger partial charge in [0, 0.05) is 0 Å². The molecule has 0 spiro atoms. The summed E-state index contributed by atoms with van der Waals surface area (Å²) in [5.74, 6) is -1.85. The average Bonchev–Trinajstić information content (AvgIpc) is 2.61. The van der Waals surface area contributed by atoms with Crippen molar-refractivity contribution in [1.82, 2.24) is 0 Å². The number of aliphatic hydroxyl groups is 1. The molecule has 1 aromatic rings. The number of aliphatic hydroxyl groups excluding tert-OH is 1. The molecule has 12 heteroatoms. The highest BCUT2D eigenvalue weighted by atomic mass is 31.2. The van der Waals surface area contributed by atoms with E-state index in [9.17, 15) is 27.4 Å². The van der Waals surface area contributed by atoms with Gasteiger partial charge in [-0.05, 0) is 51.5 Å². The molecule has 0 aromatic heterocycles. The predicted octanol–water partition coefficient (Wildman–Crippen LogP) is 4.93. The predicted molar refractivity (Wildman–Crippen MR) is 104 cm³/mol. The maximum atomic E-state index is 13.3. The zero-order chi connectivity index (χ0) is 22.3. The van der Waals surface area contributed by atoms with E-state index in [0.717, 1.165) is 12.1 Å². The van der Waals surface area contributed by atoms with Gasteiger partial charge in [0.05, 0.1) is 37.0 Å². The minimum Gasteiger partial charge on any atom is -0.504 e. The molecule has 166 valence electrons. The largest absolute Gasteiger partial charge is 0.504 e. The molecular formula is C17H25F3O7P2. The Balaban J connectivity index is 3.77. The van der Waals surface area contributed by atoms with Crippen LogP contribution in [0.1, 0.15) is 33.3 Å². The molecule has 0 aliphatic carbocycles. The summed E-state index contributed by atoms with van der Waals surface area (Å²) >= 11 is 0. The van der Waals surface area contributed by atoms with Crippen molar-refractivity contribution in [3.05, 3.63) is 29.5 Å². The highest BCUT2D eigenvalue weighted by molar-refractivity contribution is 7.68. The van der Waals surface area contributed by atoms with Crippen molar-refractivity contribution in [2.24, 2.45) is 0 Å². The lowest BCUT2D eigenvalue weighted by Gasteiger charge is -2.24. The summed E-state index contributed by atoms with van der Waals surface area (Å²) in [5.41, 5.74) is -0.155. The van der Waals surface area contributed by atoms with Gasteiger partial charge < -0.3 is 23.2 Å². The third kappa shape index (κ3) is 6.67. The van der Waals surface area contributed by atoms with Gasteiger partial charge in [0.1, 0.15) is 0 Å². The van der Waals surface area contributed by atoms with E-state index in [0.29, 0.717) is 6.08 Å². The fourth-order valence-corrected chi connectivity index (χ4v) is 6.42. The Hall–Kier alpha value is -1.15. The summed E-state index contributed by atoms with van der Waals surface area (Å²) in [4.78, 5) is 0. The van der Waals surface area contributed by atoms with Crippen LogP contribution < -0.4 is 10.6 Å². The standard InChI is InChI=1S/C17H25F3O7P2/c1-5-24-28(22,25-6-2)14-10-9-13(12-16(21)17(18,19)20)11-15(14)29(23,26-7-3)27-8-4/h9-12,21H,5-8H2,1-4H3/b16-12+. The topological polar surface area (TPSA) is 91.3 Å². The fourth-order valence-electron chi connectivity index (χ4n) is 2.35. The van der Waals surface area contributed by atoms with E-state index in [1.54, 1.807) is 27.7 Å². The van der Waals surface area contributed by atoms with Crippen molar-refractivity contribution >= 4 is 31.9 Å². The van der Waals surface area contributed by atoms with Crippen LogP contribution in [0.5, 0.6) is 0 Å². The first-order valence-corrected chi connectivity index (χ1v) is 12.0. The Labute approximate surface area is 167 Å². The Morgan fingerprint density at radius 3 is 1.69 bits per heavy atom. The molecule has 7 nitrogen and oxygen atoms in total. The first-order chi connectivity index (χ1) is 13.5. The number of rotatable bonds is 11. The van der Waals surface area contributed by atoms with Crippen LogP contribution >= 0.6 is 15.2 Å². The molecule has 0 radical (unpaired) electrons. The minimum absolute atomic E-state index is 0.000799. The molecule has 29 heavy (non-hydrogen) atoms. The van der Waals surface area contributed by atoms with Crippen molar-refractivity contribution < 1.29 is 45.5 Å². The van der Waals surface area contributed by atoms with E-state index >= 15 is 0 Å². The summed E-state index contributed by atoms with van der Waals surface area (Å²) in [6, 6.07) is 3.38. The lowest BCUT2D eigenvalue weighted by Crippen LogP contribution is -2.29. The number of benzene rings is 1. The molecule has 0 aliphatic rings. The first kappa shape index (κ1) is 25.9. The average molecular weight is 460 g/mol. The van der Waals surface area contributed by atoms with E-state index in [1.807, 2.05) is 0 Å². The highest BCUT2D eigenvalue weighted by Gasteiger charge is 2.39. The Morgan fingerprint density at radius 2 is 1.31 bits per heavy atom. The summed E-state index contributed by atoms with van der Waals surface area (Å²) in [6.45, 7) is 6.17. The second-order valence-corrected chi connectivity index (χ2v) is 9.43. The first-order valence-electron chi connectivity index (χ1n) is 8.88. The highest BCUT2D eigenvalue weighted by Crippen LogP contribution is 2.53. The Morgan fingerprint density at radius 1 is 0.897 bits per heavy atom. The zero-order valence-electron chi connectivity index (χ0n) is 16.6. The summed E-state index contributed by atoms with van der Waals surface area (Å²) in [6.07, 6.45) is -4.52. The van der Waals surface area contributed by atoms with E-state index < -0.39 is 27.1 Å². The van der Waals surface area contributed by atoms with Gasteiger partial charge in [-0.1, -0.05) is 6.07 Å². The van der Waals surface area contributed by atoms with Gasteiger partial charge in [-0.15, -0.1) is 0 Å². The Bertz CT molecular complexity index is 789. The van der Waals surface area contributed by atoms with Gasteiger partial charge in [0.2, 0.25) is 0 Å². The summed E-state index contributed by atoms with van der Waals surface area (Å²) < 4.78 is 85.7. The molecule has 0 saturated carbocycles. The number of alkyl halides is 3. The number of halogens is 3. The molecular weight excluding hydrogens is 435 g/mol. The van der Waals surface area contributed by atoms with Crippen LogP contribution in [-0.2, 0) is 27.2 Å². The Kier molecular flexibility index (Phi) is 9.60. The molecule has 0 amide bonds. The van der Waals surface area contributed by atoms with E-state index in [2.05, 4.69) is 0 Å². The second-order valence-electron chi connectivity index (χ2n) is 5.44. The van der Waals surface area contributed by atoms with Gasteiger partial charge in [0.25, 0.3) is 0 Å². The van der Waals surface area contributed by atoms with Crippen LogP contribution in [0.4, 0.5) is 13.2 Å². The summed E-state index contributed by atoms with van der Waals surface area (Å²) in [7, 11) is -8.07. The van der Waals surface area contributed by atoms with E-state index in [1.165, 1.54) is 6.07 Å². The number of allylic oxidation sites excluding steroid dienone is 1. The molecule has 0 heterocycles. The third-order valence-electron chi connectivity index (χ3n) is 3.38. The van der Waals surface area contributed by atoms with E-state index in [-0.39, 0.29) is 42.6 Å². The summed E-state index contributed by atoms with van der Waals surface area (Å²) in [5, 5.41) is 8.84. The van der Waals surface area contributed by atoms with Crippen LogP contribution in [0.15, 0.2) is 24.0 Å². The molecule has 1 aromatic carbocycles. The number of hydrogen-bond acceptors (Lipinski definition) is 7. The lowest BCUT2D eigenvalue weighted by molar-refractivity contribution is -0.119. The van der Waals surface area contributed by atoms with Crippen molar-refractivity contribution in [1.29, 1.82) is 0 Å². The molecule has 0 fully saturated rings. The lowest BCUT2D eigenvalue weighted by atomic mass is 10.2. The van der Waals surface area contributed by atoms with Crippen molar-refractivity contribution in [3.63, 3.8) is 0 Å². The zero-order valence-corrected chi connectivity index (χ0v) is 18.4. The van der Waals surface area contributed by atoms with Gasteiger partial charge in [0.15, 0.2) is 5.76 Å². The van der Waals surface area contributed by atoms with Crippen LogP contribution in [-0.4, -0.2) is 37.7 Å². The van der Waals surface area contributed by atoms with Crippen LogP contribution in [0.2, 0.25) is 0 Å².